The highest BCUT2D eigenvalue weighted by Crippen LogP contribution is 2.13. The van der Waals surface area contributed by atoms with Crippen LogP contribution in [-0.2, 0) is 6.54 Å². The van der Waals surface area contributed by atoms with Crippen LogP contribution in [0, 0.1) is 6.92 Å². The SMILES string of the molecule is Cc1cccc(C(=O)NCc2cnn(-c3ccc(Cl)cc3)c2)c1. The third-order valence-corrected chi connectivity index (χ3v) is 3.71. The van der Waals surface area contributed by atoms with E-state index in [1.54, 1.807) is 16.9 Å². The number of nitrogens with zero attached hydrogens (tertiary/aromatic N) is 2. The molecule has 23 heavy (non-hydrogen) atoms. The van der Waals surface area contributed by atoms with Crippen molar-refractivity contribution in [3.8, 4) is 5.69 Å². The molecule has 0 bridgehead atoms. The van der Waals surface area contributed by atoms with Gasteiger partial charge in [-0.15, -0.1) is 0 Å². The van der Waals surface area contributed by atoms with Crippen LogP contribution in [0.5, 0.6) is 0 Å². The molecule has 0 unspecified atom stereocenters. The van der Waals surface area contributed by atoms with Gasteiger partial charge in [0.1, 0.15) is 0 Å². The molecule has 2 aromatic carbocycles. The number of halogens is 1. The lowest BCUT2D eigenvalue weighted by atomic mass is 10.1. The molecule has 3 aromatic rings. The van der Waals surface area contributed by atoms with E-state index < -0.39 is 0 Å². The van der Waals surface area contributed by atoms with Crippen molar-refractivity contribution in [2.24, 2.45) is 0 Å². The number of nitrogens with one attached hydrogen (secondary N) is 1. The summed E-state index contributed by atoms with van der Waals surface area (Å²) in [5.41, 5.74) is 3.58. The Bertz CT molecular complexity index is 824. The minimum Gasteiger partial charge on any atom is -0.348 e. The zero-order valence-corrected chi connectivity index (χ0v) is 13.4. The molecule has 0 aliphatic rings. The highest BCUT2D eigenvalue weighted by molar-refractivity contribution is 6.30. The lowest BCUT2D eigenvalue weighted by Crippen LogP contribution is -2.22. The van der Waals surface area contributed by atoms with E-state index in [0.717, 1.165) is 16.8 Å². The van der Waals surface area contributed by atoms with E-state index >= 15 is 0 Å². The number of carbonyl (C=O) groups is 1. The standard InChI is InChI=1S/C18H16ClN3O/c1-13-3-2-4-15(9-13)18(23)20-10-14-11-21-22(12-14)17-7-5-16(19)6-8-17/h2-9,11-12H,10H2,1H3,(H,20,23). The van der Waals surface area contributed by atoms with Gasteiger partial charge in [-0.25, -0.2) is 4.68 Å². The van der Waals surface area contributed by atoms with Crippen molar-refractivity contribution < 1.29 is 4.79 Å². The van der Waals surface area contributed by atoms with Crippen LogP contribution in [0.1, 0.15) is 21.5 Å². The molecular formula is C18H16ClN3O. The number of benzene rings is 2. The predicted molar refractivity (Wildman–Crippen MR) is 90.9 cm³/mol. The van der Waals surface area contributed by atoms with Crippen molar-refractivity contribution in [3.05, 3.63) is 82.6 Å². The van der Waals surface area contributed by atoms with E-state index in [4.69, 9.17) is 11.6 Å². The van der Waals surface area contributed by atoms with Gasteiger partial charge in [0, 0.05) is 28.9 Å². The number of hydrogen-bond donors (Lipinski definition) is 1. The van der Waals surface area contributed by atoms with E-state index in [-0.39, 0.29) is 5.91 Å². The molecule has 4 nitrogen and oxygen atoms in total. The average Bonchev–Trinajstić information content (AvgIpc) is 3.02. The summed E-state index contributed by atoms with van der Waals surface area (Å²) in [5.74, 6) is -0.0899. The molecule has 0 aliphatic heterocycles. The van der Waals surface area contributed by atoms with Gasteiger partial charge in [0.15, 0.2) is 0 Å². The summed E-state index contributed by atoms with van der Waals surface area (Å²) < 4.78 is 1.75. The second kappa shape index (κ2) is 6.67. The number of aromatic nitrogens is 2. The van der Waals surface area contributed by atoms with Gasteiger partial charge in [-0.1, -0.05) is 29.3 Å². The molecule has 0 saturated heterocycles. The van der Waals surface area contributed by atoms with Gasteiger partial charge >= 0.3 is 0 Å². The normalized spacial score (nSPS) is 10.5. The van der Waals surface area contributed by atoms with Crippen molar-refractivity contribution in [3.63, 3.8) is 0 Å². The molecule has 1 aromatic heterocycles. The maximum absolute atomic E-state index is 12.1. The Balaban J connectivity index is 1.65. The average molecular weight is 326 g/mol. The zero-order chi connectivity index (χ0) is 16.2. The summed E-state index contributed by atoms with van der Waals surface area (Å²) in [6, 6.07) is 14.9. The van der Waals surface area contributed by atoms with E-state index in [1.165, 1.54) is 0 Å². The topological polar surface area (TPSA) is 46.9 Å². The molecule has 0 fully saturated rings. The molecular weight excluding hydrogens is 310 g/mol. The van der Waals surface area contributed by atoms with Crippen LogP contribution in [0.3, 0.4) is 0 Å². The van der Waals surface area contributed by atoms with E-state index in [1.807, 2.05) is 55.6 Å². The molecule has 1 heterocycles. The van der Waals surface area contributed by atoms with Crippen LogP contribution in [-0.4, -0.2) is 15.7 Å². The minimum atomic E-state index is -0.0899. The first-order chi connectivity index (χ1) is 11.1. The van der Waals surface area contributed by atoms with Gasteiger partial charge in [-0.05, 0) is 43.3 Å². The van der Waals surface area contributed by atoms with Gasteiger partial charge in [0.2, 0.25) is 0 Å². The number of carbonyl (C=O) groups excluding carboxylic acids is 1. The summed E-state index contributed by atoms with van der Waals surface area (Å²) in [4.78, 5) is 12.1. The number of rotatable bonds is 4. The van der Waals surface area contributed by atoms with Crippen molar-refractivity contribution in [1.82, 2.24) is 15.1 Å². The first-order valence-electron chi connectivity index (χ1n) is 7.26. The van der Waals surface area contributed by atoms with Crippen LogP contribution >= 0.6 is 11.6 Å². The molecule has 1 amide bonds. The Hall–Kier alpha value is -2.59. The summed E-state index contributed by atoms with van der Waals surface area (Å²) in [7, 11) is 0. The van der Waals surface area contributed by atoms with Crippen molar-refractivity contribution >= 4 is 17.5 Å². The fourth-order valence-corrected chi connectivity index (χ4v) is 2.38. The van der Waals surface area contributed by atoms with E-state index in [0.29, 0.717) is 17.1 Å². The van der Waals surface area contributed by atoms with Crippen LogP contribution in [0.15, 0.2) is 60.9 Å². The van der Waals surface area contributed by atoms with Crippen molar-refractivity contribution in [2.75, 3.05) is 0 Å². The van der Waals surface area contributed by atoms with Gasteiger partial charge in [0.05, 0.1) is 11.9 Å². The Labute approximate surface area is 139 Å². The number of aryl methyl sites for hydroxylation is 1. The summed E-state index contributed by atoms with van der Waals surface area (Å²) in [5, 5.41) is 7.89. The lowest BCUT2D eigenvalue weighted by molar-refractivity contribution is 0.0951. The maximum Gasteiger partial charge on any atom is 0.251 e. The first-order valence-corrected chi connectivity index (χ1v) is 7.64. The highest BCUT2D eigenvalue weighted by Gasteiger charge is 2.06. The Morgan fingerprint density at radius 2 is 2.00 bits per heavy atom. The van der Waals surface area contributed by atoms with Gasteiger partial charge < -0.3 is 5.32 Å². The first kappa shape index (κ1) is 15.3. The van der Waals surface area contributed by atoms with Crippen LogP contribution in [0.25, 0.3) is 5.69 Å². The molecule has 0 radical (unpaired) electrons. The van der Waals surface area contributed by atoms with Gasteiger partial charge in [-0.3, -0.25) is 4.79 Å². The molecule has 0 saturated carbocycles. The third kappa shape index (κ3) is 3.79. The maximum atomic E-state index is 12.1. The largest absolute Gasteiger partial charge is 0.348 e. The number of amides is 1. The smallest absolute Gasteiger partial charge is 0.251 e. The van der Waals surface area contributed by atoms with Crippen molar-refractivity contribution in [1.29, 1.82) is 0 Å². The molecule has 0 spiro atoms. The molecule has 3 rings (SSSR count). The van der Waals surface area contributed by atoms with Gasteiger partial charge in [-0.2, -0.15) is 5.10 Å². The lowest BCUT2D eigenvalue weighted by Gasteiger charge is -2.04. The fourth-order valence-electron chi connectivity index (χ4n) is 2.26. The van der Waals surface area contributed by atoms with Crippen molar-refractivity contribution in [2.45, 2.75) is 13.5 Å². The minimum absolute atomic E-state index is 0.0899. The zero-order valence-electron chi connectivity index (χ0n) is 12.7. The Kier molecular flexibility index (Phi) is 4.44. The second-order valence-electron chi connectivity index (χ2n) is 5.32. The van der Waals surface area contributed by atoms with E-state index in [2.05, 4.69) is 10.4 Å². The monoisotopic (exact) mass is 325 g/mol. The van der Waals surface area contributed by atoms with E-state index in [9.17, 15) is 4.79 Å². The second-order valence-corrected chi connectivity index (χ2v) is 5.76. The van der Waals surface area contributed by atoms with Crippen LogP contribution in [0.4, 0.5) is 0 Å². The fraction of sp³-hybridized carbons (Fsp3) is 0.111. The Morgan fingerprint density at radius 1 is 1.22 bits per heavy atom. The number of hydrogen-bond acceptors (Lipinski definition) is 2. The van der Waals surface area contributed by atoms with Crippen LogP contribution in [0.2, 0.25) is 5.02 Å². The van der Waals surface area contributed by atoms with Gasteiger partial charge in [0.25, 0.3) is 5.91 Å². The quantitative estimate of drug-likeness (QED) is 0.793. The summed E-state index contributed by atoms with van der Waals surface area (Å²) in [6.07, 6.45) is 3.63. The highest BCUT2D eigenvalue weighted by atomic mass is 35.5. The molecule has 0 aliphatic carbocycles. The molecule has 116 valence electrons. The third-order valence-electron chi connectivity index (χ3n) is 3.46. The molecule has 5 heteroatoms. The van der Waals surface area contributed by atoms with Crippen LogP contribution < -0.4 is 5.32 Å². The molecule has 0 atom stereocenters. The summed E-state index contributed by atoms with van der Waals surface area (Å²) in [6.45, 7) is 2.40. The summed E-state index contributed by atoms with van der Waals surface area (Å²) >= 11 is 5.88. The molecule has 1 N–H and O–H groups in total. The predicted octanol–water partition coefficient (Wildman–Crippen LogP) is 3.76. The Morgan fingerprint density at radius 3 is 2.74 bits per heavy atom.